The Morgan fingerprint density at radius 2 is 1.79 bits per heavy atom. The van der Waals surface area contributed by atoms with Crippen molar-refractivity contribution in [3.8, 4) is 22.5 Å². The molecule has 3 heterocycles. The summed E-state index contributed by atoms with van der Waals surface area (Å²) in [7, 11) is 0. The molecule has 33 heavy (non-hydrogen) atoms. The summed E-state index contributed by atoms with van der Waals surface area (Å²) in [5.74, 6) is 1.59. The number of fused-ring (bicyclic) bond motifs is 1. The van der Waals surface area contributed by atoms with Crippen LogP contribution < -0.4 is 10.6 Å². The zero-order chi connectivity index (χ0) is 22.4. The highest BCUT2D eigenvalue weighted by Crippen LogP contribution is 2.38. The molecule has 168 valence electrons. The number of hydrogen-bond donors (Lipinski definition) is 2. The van der Waals surface area contributed by atoms with Gasteiger partial charge in [0.25, 0.3) is 0 Å². The van der Waals surface area contributed by atoms with Crippen molar-refractivity contribution in [1.82, 2.24) is 19.6 Å². The molecule has 2 fully saturated rings. The van der Waals surface area contributed by atoms with Crippen molar-refractivity contribution < 1.29 is 0 Å². The summed E-state index contributed by atoms with van der Waals surface area (Å²) < 4.78 is 1.98. The van der Waals surface area contributed by atoms with Gasteiger partial charge >= 0.3 is 0 Å². The lowest BCUT2D eigenvalue weighted by Gasteiger charge is -2.12. The van der Waals surface area contributed by atoms with Crippen molar-refractivity contribution in [2.24, 2.45) is 0 Å². The Balaban J connectivity index is 1.53. The maximum Gasteiger partial charge on any atom is 0.223 e. The Bertz CT molecular complexity index is 1320. The maximum absolute atomic E-state index is 6.59. The van der Waals surface area contributed by atoms with Gasteiger partial charge in [0.1, 0.15) is 11.5 Å². The van der Waals surface area contributed by atoms with Crippen LogP contribution in [0.25, 0.3) is 28.0 Å². The van der Waals surface area contributed by atoms with Gasteiger partial charge in [-0.1, -0.05) is 48.2 Å². The minimum Gasteiger partial charge on any atom is -0.367 e. The Kier molecular flexibility index (Phi) is 5.18. The number of aromatic nitrogens is 4. The standard InChI is InChI=1S/C26H27ClN6/c1-16-5-4-6-17(13-16)25-24(21-11-12-28-26(31-21)30-19-7-2-3-8-19)22-14-18(27)15-23(33(22)32-25)29-20-9-10-20/h4-6,11-15,19-20,29H,2-3,7-10H2,1H3,(H,28,30,31). The molecule has 0 amide bonds. The van der Waals surface area contributed by atoms with Crippen molar-refractivity contribution in [2.45, 2.75) is 57.5 Å². The topological polar surface area (TPSA) is 67.1 Å². The van der Waals surface area contributed by atoms with E-state index in [-0.39, 0.29) is 0 Å². The van der Waals surface area contributed by atoms with Gasteiger partial charge in [0.05, 0.1) is 16.8 Å². The predicted molar refractivity (Wildman–Crippen MR) is 134 cm³/mol. The largest absolute Gasteiger partial charge is 0.367 e. The average Bonchev–Trinajstić information content (AvgIpc) is 3.31. The van der Waals surface area contributed by atoms with Gasteiger partial charge in [-0.15, -0.1) is 0 Å². The predicted octanol–water partition coefficient (Wildman–Crippen LogP) is 6.35. The number of pyridine rings is 1. The van der Waals surface area contributed by atoms with Crippen molar-refractivity contribution in [1.29, 1.82) is 0 Å². The van der Waals surface area contributed by atoms with Gasteiger partial charge in [0.2, 0.25) is 5.95 Å². The summed E-state index contributed by atoms with van der Waals surface area (Å²) >= 11 is 6.59. The highest BCUT2D eigenvalue weighted by atomic mass is 35.5. The molecule has 2 saturated carbocycles. The molecule has 7 heteroatoms. The van der Waals surface area contributed by atoms with Crippen molar-refractivity contribution in [3.05, 3.63) is 59.2 Å². The molecule has 0 radical (unpaired) electrons. The molecule has 0 bridgehead atoms. The molecule has 1 aromatic carbocycles. The highest BCUT2D eigenvalue weighted by molar-refractivity contribution is 6.31. The van der Waals surface area contributed by atoms with E-state index in [1.807, 2.05) is 28.9 Å². The van der Waals surface area contributed by atoms with E-state index in [4.69, 9.17) is 21.7 Å². The lowest BCUT2D eigenvalue weighted by atomic mass is 10.0. The van der Waals surface area contributed by atoms with Gasteiger partial charge in [-0.2, -0.15) is 5.10 Å². The van der Waals surface area contributed by atoms with Crippen LogP contribution in [0.3, 0.4) is 0 Å². The third-order valence-electron chi connectivity index (χ3n) is 6.52. The fourth-order valence-electron chi connectivity index (χ4n) is 4.72. The second-order valence-corrected chi connectivity index (χ2v) is 9.70. The second-order valence-electron chi connectivity index (χ2n) is 9.26. The van der Waals surface area contributed by atoms with Gasteiger partial charge in [-0.3, -0.25) is 0 Å². The number of nitrogens with zero attached hydrogens (tertiary/aromatic N) is 4. The first-order valence-corrected chi connectivity index (χ1v) is 12.2. The van der Waals surface area contributed by atoms with Crippen LogP contribution in [-0.4, -0.2) is 31.7 Å². The lowest BCUT2D eigenvalue weighted by Crippen LogP contribution is -2.16. The first-order chi connectivity index (χ1) is 16.1. The SMILES string of the molecule is Cc1cccc(-c2nn3c(NC4CC4)cc(Cl)cc3c2-c2ccnc(NC3CCCC3)n2)c1. The van der Waals surface area contributed by atoms with E-state index in [1.165, 1.54) is 44.1 Å². The molecular weight excluding hydrogens is 432 g/mol. The zero-order valence-corrected chi connectivity index (χ0v) is 19.4. The van der Waals surface area contributed by atoms with Crippen molar-refractivity contribution in [2.75, 3.05) is 10.6 Å². The first kappa shape index (κ1) is 20.5. The van der Waals surface area contributed by atoms with Crippen LogP contribution in [0.2, 0.25) is 5.02 Å². The summed E-state index contributed by atoms with van der Waals surface area (Å²) in [6, 6.07) is 15.3. The summed E-state index contributed by atoms with van der Waals surface area (Å²) in [6.07, 6.45) is 9.05. The molecule has 4 aromatic rings. The van der Waals surface area contributed by atoms with Gasteiger partial charge < -0.3 is 10.6 Å². The molecule has 0 atom stereocenters. The first-order valence-electron chi connectivity index (χ1n) is 11.8. The molecule has 0 saturated heterocycles. The van der Waals surface area contributed by atoms with Crippen molar-refractivity contribution in [3.63, 3.8) is 0 Å². The van der Waals surface area contributed by atoms with Crippen molar-refractivity contribution >= 4 is 28.9 Å². The molecular formula is C26H27ClN6. The van der Waals surface area contributed by atoms with Gasteiger partial charge in [-0.05, 0) is 56.9 Å². The summed E-state index contributed by atoms with van der Waals surface area (Å²) in [5.41, 5.74) is 5.90. The van der Waals surface area contributed by atoms with Crippen LogP contribution in [0.5, 0.6) is 0 Å². The Morgan fingerprint density at radius 1 is 0.970 bits per heavy atom. The van der Waals surface area contributed by atoms with E-state index in [0.29, 0.717) is 23.1 Å². The molecule has 2 aliphatic rings. The van der Waals surface area contributed by atoms with Crippen LogP contribution in [0.15, 0.2) is 48.7 Å². The molecule has 2 N–H and O–H groups in total. The minimum absolute atomic E-state index is 0.448. The Morgan fingerprint density at radius 3 is 2.58 bits per heavy atom. The van der Waals surface area contributed by atoms with Gasteiger partial charge in [0, 0.05) is 28.9 Å². The number of rotatable bonds is 6. The van der Waals surface area contributed by atoms with E-state index in [2.05, 4.69) is 46.8 Å². The van der Waals surface area contributed by atoms with Crippen LogP contribution in [0.1, 0.15) is 44.1 Å². The molecule has 2 aliphatic carbocycles. The number of benzene rings is 1. The second kappa shape index (κ2) is 8.34. The van der Waals surface area contributed by atoms with Crippen LogP contribution in [-0.2, 0) is 0 Å². The average molecular weight is 459 g/mol. The van der Waals surface area contributed by atoms with Crippen LogP contribution in [0.4, 0.5) is 11.8 Å². The molecule has 0 spiro atoms. The molecule has 3 aromatic heterocycles. The van der Waals surface area contributed by atoms with Gasteiger partial charge in [-0.25, -0.2) is 14.5 Å². The van der Waals surface area contributed by atoms with E-state index in [0.717, 1.165) is 33.8 Å². The zero-order valence-electron chi connectivity index (χ0n) is 18.7. The summed E-state index contributed by atoms with van der Waals surface area (Å²) in [4.78, 5) is 9.44. The quantitative estimate of drug-likeness (QED) is 0.352. The van der Waals surface area contributed by atoms with E-state index >= 15 is 0 Å². The fraction of sp³-hybridized carbons (Fsp3) is 0.346. The lowest BCUT2D eigenvalue weighted by molar-refractivity contribution is 0.744. The fourth-order valence-corrected chi connectivity index (χ4v) is 4.93. The molecule has 0 aliphatic heterocycles. The number of aryl methyl sites for hydroxylation is 1. The normalized spacial score (nSPS) is 16.4. The maximum atomic E-state index is 6.59. The molecule has 6 rings (SSSR count). The number of anilines is 2. The van der Waals surface area contributed by atoms with E-state index in [9.17, 15) is 0 Å². The molecule has 0 unspecified atom stereocenters. The van der Waals surface area contributed by atoms with Gasteiger partial charge in [0.15, 0.2) is 0 Å². The number of nitrogens with one attached hydrogen (secondary N) is 2. The minimum atomic E-state index is 0.448. The Hall–Kier alpha value is -3.12. The smallest absolute Gasteiger partial charge is 0.223 e. The number of halogens is 1. The Labute approximate surface area is 198 Å². The molecule has 6 nitrogen and oxygen atoms in total. The van der Waals surface area contributed by atoms with E-state index < -0.39 is 0 Å². The number of hydrogen-bond acceptors (Lipinski definition) is 5. The summed E-state index contributed by atoms with van der Waals surface area (Å²) in [5, 5.41) is 12.9. The van der Waals surface area contributed by atoms with Crippen LogP contribution >= 0.6 is 11.6 Å². The summed E-state index contributed by atoms with van der Waals surface area (Å²) in [6.45, 7) is 2.10. The highest BCUT2D eigenvalue weighted by Gasteiger charge is 2.25. The monoisotopic (exact) mass is 458 g/mol. The van der Waals surface area contributed by atoms with Crippen LogP contribution in [0, 0.1) is 6.92 Å². The van der Waals surface area contributed by atoms with E-state index in [1.54, 1.807) is 0 Å². The third kappa shape index (κ3) is 4.15. The third-order valence-corrected chi connectivity index (χ3v) is 6.74.